The number of carbonyl (C=O) groups is 1. The van der Waals surface area contributed by atoms with E-state index in [4.69, 9.17) is 16.3 Å². The molecule has 1 amide bonds. The summed E-state index contributed by atoms with van der Waals surface area (Å²) in [4.78, 5) is 17.2. The number of thiophene rings is 1. The number of nitrogens with zero attached hydrogens (tertiary/aromatic N) is 1. The molecule has 126 valence electrons. The van der Waals surface area contributed by atoms with Gasteiger partial charge in [-0.3, -0.25) is 4.79 Å². The Labute approximate surface area is 150 Å². The summed E-state index contributed by atoms with van der Waals surface area (Å²) >= 11 is 7.58. The second-order valence-electron chi connectivity index (χ2n) is 6.58. The van der Waals surface area contributed by atoms with E-state index in [0.29, 0.717) is 18.2 Å². The lowest BCUT2D eigenvalue weighted by molar-refractivity contribution is -0.0733. The van der Waals surface area contributed by atoms with Crippen molar-refractivity contribution in [2.45, 2.75) is 18.5 Å². The monoisotopic (exact) mass is 362 g/mol. The van der Waals surface area contributed by atoms with E-state index >= 15 is 0 Å². The van der Waals surface area contributed by atoms with Gasteiger partial charge >= 0.3 is 0 Å². The summed E-state index contributed by atoms with van der Waals surface area (Å²) < 4.78 is 5.40. The maximum atomic E-state index is 12.8. The molecule has 1 aromatic heterocycles. The molecule has 1 fully saturated rings. The van der Waals surface area contributed by atoms with Gasteiger partial charge in [0.1, 0.15) is 5.54 Å². The molecule has 1 saturated heterocycles. The quantitative estimate of drug-likeness (QED) is 0.912. The molecule has 6 heteroatoms. The van der Waals surface area contributed by atoms with Gasteiger partial charge in [0.15, 0.2) is 0 Å². The lowest BCUT2D eigenvalue weighted by Crippen LogP contribution is -2.59. The lowest BCUT2D eigenvalue weighted by atomic mass is 9.88. The summed E-state index contributed by atoms with van der Waals surface area (Å²) in [6.07, 6.45) is 1.01. The first-order chi connectivity index (χ1) is 11.6. The highest BCUT2D eigenvalue weighted by Gasteiger charge is 2.42. The van der Waals surface area contributed by atoms with Crippen LogP contribution < -0.4 is 5.32 Å². The second kappa shape index (κ2) is 6.15. The molecule has 3 heterocycles. The number of hydrogen-bond donors (Lipinski definition) is 1. The molecule has 0 radical (unpaired) electrons. The van der Waals surface area contributed by atoms with Crippen LogP contribution in [0.2, 0.25) is 5.02 Å². The fourth-order valence-corrected chi connectivity index (χ4v) is 4.54. The van der Waals surface area contributed by atoms with Crippen molar-refractivity contribution < 1.29 is 9.53 Å². The van der Waals surface area contributed by atoms with Gasteiger partial charge in [-0.2, -0.15) is 0 Å². The fraction of sp³-hybridized carbons (Fsp3) is 0.389. The summed E-state index contributed by atoms with van der Waals surface area (Å²) in [5, 5.41) is 3.88. The van der Waals surface area contributed by atoms with Gasteiger partial charge in [0.2, 0.25) is 0 Å². The third-order valence-corrected chi connectivity index (χ3v) is 6.16. The first kappa shape index (κ1) is 16.1. The molecule has 0 saturated carbocycles. The minimum atomic E-state index is -0.442. The number of fused-ring (bicyclic) bond motifs is 1. The van der Waals surface area contributed by atoms with Crippen molar-refractivity contribution in [3.05, 3.63) is 56.2 Å². The molecule has 2 aliphatic heterocycles. The van der Waals surface area contributed by atoms with Gasteiger partial charge in [-0.25, -0.2) is 0 Å². The van der Waals surface area contributed by atoms with Gasteiger partial charge in [-0.05, 0) is 42.8 Å². The van der Waals surface area contributed by atoms with Crippen LogP contribution in [0.3, 0.4) is 0 Å². The van der Waals surface area contributed by atoms with Crippen LogP contribution in [0.15, 0.2) is 30.3 Å². The van der Waals surface area contributed by atoms with Crippen LogP contribution in [0.5, 0.6) is 0 Å². The van der Waals surface area contributed by atoms with Gasteiger partial charge in [0.05, 0.1) is 18.1 Å². The van der Waals surface area contributed by atoms with Gasteiger partial charge in [-0.1, -0.05) is 23.7 Å². The highest BCUT2D eigenvalue weighted by Crippen LogP contribution is 2.33. The van der Waals surface area contributed by atoms with Crippen LogP contribution in [0.25, 0.3) is 0 Å². The smallest absolute Gasteiger partial charge is 0.262 e. The molecule has 0 bridgehead atoms. The van der Waals surface area contributed by atoms with Crippen molar-refractivity contribution in [1.29, 1.82) is 0 Å². The summed E-state index contributed by atoms with van der Waals surface area (Å²) in [6.45, 7) is 2.97. The number of likely N-dealkylation sites (N-methyl/N-ethyl adjacent to an activating group) is 1. The van der Waals surface area contributed by atoms with Gasteiger partial charge < -0.3 is 15.0 Å². The minimum Gasteiger partial charge on any atom is -0.376 e. The third kappa shape index (κ3) is 2.86. The van der Waals surface area contributed by atoms with Gasteiger partial charge in [0.25, 0.3) is 5.91 Å². The van der Waals surface area contributed by atoms with Crippen molar-refractivity contribution in [2.75, 3.05) is 26.8 Å². The van der Waals surface area contributed by atoms with Crippen LogP contribution in [0.4, 0.5) is 0 Å². The Morgan fingerprint density at radius 3 is 2.75 bits per heavy atom. The fourth-order valence-electron chi connectivity index (χ4n) is 3.22. The number of rotatable bonds is 3. The summed E-state index contributed by atoms with van der Waals surface area (Å²) in [6, 6.07) is 9.67. The van der Waals surface area contributed by atoms with Crippen molar-refractivity contribution in [2.24, 2.45) is 0 Å². The standard InChI is InChI=1S/C18H19ClN2O2S/c1-21-7-6-12-8-15(24-16(12)9-21)17(22)20-18(10-23-11-18)13-2-4-14(19)5-3-13/h2-5,8H,6-7,9-11H2,1H3,(H,20,22). The van der Waals surface area contributed by atoms with Crippen LogP contribution >= 0.6 is 22.9 Å². The molecule has 2 aliphatic rings. The SMILES string of the molecule is CN1CCc2cc(C(=O)NC3(c4ccc(Cl)cc4)COC3)sc2C1. The Morgan fingerprint density at radius 1 is 1.33 bits per heavy atom. The third-order valence-electron chi connectivity index (χ3n) is 4.74. The van der Waals surface area contributed by atoms with Crippen LogP contribution in [0.1, 0.15) is 25.7 Å². The average Bonchev–Trinajstić information content (AvgIpc) is 2.95. The van der Waals surface area contributed by atoms with E-state index in [1.165, 1.54) is 10.4 Å². The number of benzene rings is 1. The first-order valence-corrected chi connectivity index (χ1v) is 9.22. The number of ether oxygens (including phenoxy) is 1. The highest BCUT2D eigenvalue weighted by atomic mass is 35.5. The minimum absolute atomic E-state index is 0.0182. The van der Waals surface area contributed by atoms with E-state index in [9.17, 15) is 4.79 Å². The van der Waals surface area contributed by atoms with Gasteiger partial charge in [-0.15, -0.1) is 11.3 Å². The average molecular weight is 363 g/mol. The van der Waals surface area contributed by atoms with Crippen LogP contribution in [-0.2, 0) is 23.2 Å². The molecular formula is C18H19ClN2O2S. The summed E-state index contributed by atoms with van der Waals surface area (Å²) in [5.41, 5.74) is 1.91. The maximum absolute atomic E-state index is 12.8. The van der Waals surface area contributed by atoms with Gasteiger partial charge in [0, 0.05) is 23.0 Å². The van der Waals surface area contributed by atoms with E-state index in [1.807, 2.05) is 24.3 Å². The molecule has 0 atom stereocenters. The zero-order chi connectivity index (χ0) is 16.7. The predicted octanol–water partition coefficient (Wildman–Crippen LogP) is 3.04. The molecule has 4 nitrogen and oxygen atoms in total. The van der Waals surface area contributed by atoms with Crippen molar-refractivity contribution in [1.82, 2.24) is 10.2 Å². The Kier molecular flexibility index (Phi) is 4.12. The maximum Gasteiger partial charge on any atom is 0.262 e. The zero-order valence-corrected chi connectivity index (χ0v) is 15.0. The normalized spacial score (nSPS) is 19.4. The summed E-state index contributed by atoms with van der Waals surface area (Å²) in [5.74, 6) is -0.0182. The molecular weight excluding hydrogens is 344 g/mol. The molecule has 24 heavy (non-hydrogen) atoms. The molecule has 4 rings (SSSR count). The van der Waals surface area contributed by atoms with Crippen molar-refractivity contribution >= 4 is 28.8 Å². The Bertz CT molecular complexity index is 768. The van der Waals surface area contributed by atoms with Crippen molar-refractivity contribution in [3.63, 3.8) is 0 Å². The Balaban J connectivity index is 1.55. The predicted molar refractivity (Wildman–Crippen MR) is 95.8 cm³/mol. The van der Waals surface area contributed by atoms with Crippen molar-refractivity contribution in [3.8, 4) is 0 Å². The number of halogens is 1. The molecule has 0 unspecified atom stereocenters. The lowest BCUT2D eigenvalue weighted by Gasteiger charge is -2.42. The number of nitrogens with one attached hydrogen (secondary N) is 1. The first-order valence-electron chi connectivity index (χ1n) is 8.02. The highest BCUT2D eigenvalue weighted by molar-refractivity contribution is 7.14. The largest absolute Gasteiger partial charge is 0.376 e. The van der Waals surface area contributed by atoms with E-state index in [0.717, 1.165) is 30.0 Å². The Morgan fingerprint density at radius 2 is 2.08 bits per heavy atom. The van der Waals surface area contributed by atoms with E-state index in [-0.39, 0.29) is 5.91 Å². The molecule has 0 spiro atoms. The second-order valence-corrected chi connectivity index (χ2v) is 8.16. The topological polar surface area (TPSA) is 41.6 Å². The van der Waals surface area contributed by atoms with E-state index in [1.54, 1.807) is 11.3 Å². The van der Waals surface area contributed by atoms with E-state index in [2.05, 4.69) is 23.3 Å². The number of carbonyl (C=O) groups excluding carboxylic acids is 1. The molecule has 2 aromatic rings. The Hall–Kier alpha value is -1.40. The molecule has 1 N–H and O–H groups in total. The van der Waals surface area contributed by atoms with E-state index < -0.39 is 5.54 Å². The summed E-state index contributed by atoms with van der Waals surface area (Å²) in [7, 11) is 2.11. The zero-order valence-electron chi connectivity index (χ0n) is 13.5. The molecule has 0 aliphatic carbocycles. The number of amides is 1. The number of hydrogen-bond acceptors (Lipinski definition) is 4. The van der Waals surface area contributed by atoms with Crippen LogP contribution in [-0.4, -0.2) is 37.6 Å². The molecule has 1 aromatic carbocycles. The van der Waals surface area contributed by atoms with Crippen LogP contribution in [0, 0.1) is 0 Å².